The molecule has 1 aliphatic heterocycles. The Morgan fingerprint density at radius 3 is 2.84 bits per heavy atom. The lowest BCUT2D eigenvalue weighted by Gasteiger charge is -2.35. The average molecular weight is 356 g/mol. The number of anilines is 1. The molecule has 3 aromatic rings. The summed E-state index contributed by atoms with van der Waals surface area (Å²) in [4.78, 5) is 20.9. The lowest BCUT2D eigenvalue weighted by atomic mass is 10.1. The third kappa shape index (κ3) is 2.69. The molecule has 0 atom stereocenters. The SMILES string of the molecule is Cc1noc(CN2CCN(c3ncnc4sc5c(c34)CCC5)CC2)n1. The number of hydrogen-bond acceptors (Lipinski definition) is 8. The highest BCUT2D eigenvalue weighted by molar-refractivity contribution is 7.19. The van der Waals surface area contributed by atoms with Gasteiger partial charge in [-0.25, -0.2) is 9.97 Å². The number of thiophene rings is 1. The Kier molecular flexibility index (Phi) is 3.67. The van der Waals surface area contributed by atoms with Crippen LogP contribution < -0.4 is 4.90 Å². The second-order valence-electron chi connectivity index (χ2n) is 6.73. The van der Waals surface area contributed by atoms with E-state index in [-0.39, 0.29) is 0 Å². The molecule has 3 aromatic heterocycles. The van der Waals surface area contributed by atoms with Gasteiger partial charge in [-0.1, -0.05) is 5.16 Å². The molecule has 8 heteroatoms. The van der Waals surface area contributed by atoms with E-state index in [1.54, 1.807) is 6.33 Å². The van der Waals surface area contributed by atoms with Crippen LogP contribution >= 0.6 is 11.3 Å². The Balaban J connectivity index is 1.35. The van der Waals surface area contributed by atoms with E-state index in [2.05, 4.69) is 29.9 Å². The summed E-state index contributed by atoms with van der Waals surface area (Å²) < 4.78 is 5.24. The third-order valence-electron chi connectivity index (χ3n) is 5.08. The molecule has 7 nitrogen and oxygen atoms in total. The van der Waals surface area contributed by atoms with E-state index in [1.165, 1.54) is 35.1 Å². The second kappa shape index (κ2) is 6.03. The van der Waals surface area contributed by atoms with Gasteiger partial charge >= 0.3 is 0 Å². The minimum Gasteiger partial charge on any atom is -0.353 e. The van der Waals surface area contributed by atoms with Crippen molar-refractivity contribution in [3.63, 3.8) is 0 Å². The fourth-order valence-electron chi connectivity index (χ4n) is 3.87. The smallest absolute Gasteiger partial charge is 0.240 e. The van der Waals surface area contributed by atoms with E-state index < -0.39 is 0 Å². The normalized spacial score (nSPS) is 18.2. The summed E-state index contributed by atoms with van der Waals surface area (Å²) in [5, 5.41) is 5.17. The molecule has 4 heterocycles. The molecule has 0 unspecified atom stereocenters. The third-order valence-corrected chi connectivity index (χ3v) is 6.28. The number of piperazine rings is 1. The summed E-state index contributed by atoms with van der Waals surface area (Å²) in [7, 11) is 0. The number of fused-ring (bicyclic) bond motifs is 3. The zero-order chi connectivity index (χ0) is 16.8. The highest BCUT2D eigenvalue weighted by Gasteiger charge is 2.26. The Labute approximate surface area is 149 Å². The van der Waals surface area contributed by atoms with Crippen LogP contribution in [0.5, 0.6) is 0 Å². The monoisotopic (exact) mass is 356 g/mol. The molecule has 5 rings (SSSR count). The first-order chi connectivity index (χ1) is 12.3. The van der Waals surface area contributed by atoms with Gasteiger partial charge in [0.1, 0.15) is 17.0 Å². The van der Waals surface area contributed by atoms with Crippen molar-refractivity contribution in [3.05, 3.63) is 28.5 Å². The van der Waals surface area contributed by atoms with Crippen molar-refractivity contribution in [2.45, 2.75) is 32.7 Å². The molecule has 0 amide bonds. The molecule has 0 N–H and O–H groups in total. The molecule has 1 fully saturated rings. The predicted octanol–water partition coefficient (Wildman–Crippen LogP) is 2.19. The number of nitrogens with zero attached hydrogens (tertiary/aromatic N) is 6. The van der Waals surface area contributed by atoms with Crippen LogP contribution in [0.2, 0.25) is 0 Å². The molecule has 0 saturated carbocycles. The van der Waals surface area contributed by atoms with Crippen LogP contribution in [-0.2, 0) is 19.4 Å². The first-order valence-electron chi connectivity index (χ1n) is 8.79. The van der Waals surface area contributed by atoms with Gasteiger partial charge in [0, 0.05) is 31.1 Å². The van der Waals surface area contributed by atoms with Crippen molar-refractivity contribution in [2.24, 2.45) is 0 Å². The molecule has 0 spiro atoms. The number of rotatable bonds is 3. The Morgan fingerprint density at radius 1 is 1.16 bits per heavy atom. The van der Waals surface area contributed by atoms with Crippen molar-refractivity contribution < 1.29 is 4.52 Å². The summed E-state index contributed by atoms with van der Waals surface area (Å²) in [6, 6.07) is 0. The largest absolute Gasteiger partial charge is 0.353 e. The maximum absolute atomic E-state index is 5.24. The van der Waals surface area contributed by atoms with Crippen LogP contribution in [0.4, 0.5) is 5.82 Å². The summed E-state index contributed by atoms with van der Waals surface area (Å²) in [5.41, 5.74) is 1.50. The van der Waals surface area contributed by atoms with E-state index in [0.29, 0.717) is 11.7 Å². The van der Waals surface area contributed by atoms with Crippen molar-refractivity contribution in [2.75, 3.05) is 31.1 Å². The van der Waals surface area contributed by atoms with E-state index in [4.69, 9.17) is 4.52 Å². The first kappa shape index (κ1) is 15.2. The standard InChI is InChI=1S/C17H20N6OS/c1-11-20-14(24-21-11)9-22-5-7-23(8-6-22)16-15-12-3-2-4-13(12)25-17(15)19-10-18-16/h10H,2-9H2,1H3. The highest BCUT2D eigenvalue weighted by atomic mass is 32.1. The van der Waals surface area contributed by atoms with E-state index in [9.17, 15) is 0 Å². The number of aryl methyl sites for hydroxylation is 3. The molecule has 0 bridgehead atoms. The number of hydrogen-bond donors (Lipinski definition) is 0. The van der Waals surface area contributed by atoms with E-state index >= 15 is 0 Å². The fourth-order valence-corrected chi connectivity index (χ4v) is 5.09. The zero-order valence-electron chi connectivity index (χ0n) is 14.2. The fraction of sp³-hybridized carbons (Fsp3) is 0.529. The van der Waals surface area contributed by atoms with Gasteiger partial charge in [-0.05, 0) is 31.7 Å². The topological polar surface area (TPSA) is 71.2 Å². The van der Waals surface area contributed by atoms with Crippen LogP contribution in [-0.4, -0.2) is 51.2 Å². The van der Waals surface area contributed by atoms with Crippen LogP contribution in [0.1, 0.15) is 28.6 Å². The van der Waals surface area contributed by atoms with Gasteiger partial charge in [-0.2, -0.15) is 4.98 Å². The molecule has 130 valence electrons. The summed E-state index contributed by atoms with van der Waals surface area (Å²) in [5.74, 6) is 2.52. The van der Waals surface area contributed by atoms with Gasteiger partial charge < -0.3 is 9.42 Å². The van der Waals surface area contributed by atoms with Crippen molar-refractivity contribution in [1.29, 1.82) is 0 Å². The molecule has 1 aliphatic carbocycles. The molecule has 25 heavy (non-hydrogen) atoms. The summed E-state index contributed by atoms with van der Waals surface area (Å²) in [6.07, 6.45) is 5.36. The van der Waals surface area contributed by atoms with Gasteiger partial charge in [-0.3, -0.25) is 4.90 Å². The van der Waals surface area contributed by atoms with Crippen LogP contribution in [0.3, 0.4) is 0 Å². The van der Waals surface area contributed by atoms with E-state index in [0.717, 1.165) is 43.4 Å². The lowest BCUT2D eigenvalue weighted by Crippen LogP contribution is -2.46. The van der Waals surface area contributed by atoms with Gasteiger partial charge in [0.05, 0.1) is 11.9 Å². The highest BCUT2D eigenvalue weighted by Crippen LogP contribution is 2.40. The average Bonchev–Trinajstić information content (AvgIpc) is 3.31. The predicted molar refractivity (Wildman–Crippen MR) is 96.0 cm³/mol. The first-order valence-corrected chi connectivity index (χ1v) is 9.61. The Morgan fingerprint density at radius 2 is 2.04 bits per heavy atom. The molecule has 1 saturated heterocycles. The Bertz CT molecular complexity index is 911. The summed E-state index contributed by atoms with van der Waals surface area (Å²) >= 11 is 1.85. The van der Waals surface area contributed by atoms with Crippen molar-refractivity contribution >= 4 is 27.4 Å². The maximum Gasteiger partial charge on any atom is 0.240 e. The maximum atomic E-state index is 5.24. The molecular weight excluding hydrogens is 336 g/mol. The molecular formula is C17H20N6OS. The van der Waals surface area contributed by atoms with Crippen LogP contribution in [0.15, 0.2) is 10.9 Å². The molecule has 0 radical (unpaired) electrons. The number of aromatic nitrogens is 4. The second-order valence-corrected chi connectivity index (χ2v) is 7.82. The lowest BCUT2D eigenvalue weighted by molar-refractivity contribution is 0.215. The Hall–Kier alpha value is -2.06. The minimum atomic E-state index is 0.698. The van der Waals surface area contributed by atoms with Crippen molar-refractivity contribution in [3.8, 4) is 0 Å². The molecule has 0 aromatic carbocycles. The van der Waals surface area contributed by atoms with Crippen LogP contribution in [0.25, 0.3) is 10.2 Å². The van der Waals surface area contributed by atoms with Gasteiger partial charge in [-0.15, -0.1) is 11.3 Å². The zero-order valence-corrected chi connectivity index (χ0v) is 15.1. The van der Waals surface area contributed by atoms with Gasteiger partial charge in [0.2, 0.25) is 5.89 Å². The molecule has 2 aliphatic rings. The summed E-state index contributed by atoms with van der Waals surface area (Å²) in [6.45, 7) is 6.44. The van der Waals surface area contributed by atoms with Crippen molar-refractivity contribution in [1.82, 2.24) is 25.0 Å². The minimum absolute atomic E-state index is 0.698. The van der Waals surface area contributed by atoms with Gasteiger partial charge in [0.15, 0.2) is 5.82 Å². The quantitative estimate of drug-likeness (QED) is 0.712. The van der Waals surface area contributed by atoms with Crippen LogP contribution in [0, 0.1) is 6.92 Å². The van der Waals surface area contributed by atoms with Gasteiger partial charge in [0.25, 0.3) is 0 Å². The van der Waals surface area contributed by atoms with E-state index in [1.807, 2.05) is 18.3 Å².